The Morgan fingerprint density at radius 2 is 1.79 bits per heavy atom. The molecule has 1 unspecified atom stereocenters. The Morgan fingerprint density at radius 3 is 2.29 bits per heavy atom. The zero-order chi connectivity index (χ0) is 10.9. The van der Waals surface area contributed by atoms with Gasteiger partial charge in [-0.05, 0) is 37.1 Å². The van der Waals surface area contributed by atoms with Crippen molar-refractivity contribution in [2.24, 2.45) is 0 Å². The van der Waals surface area contributed by atoms with E-state index in [0.717, 1.165) is 0 Å². The maximum absolute atomic E-state index is 10.7. The number of hydrogen-bond donors (Lipinski definition) is 3. The highest BCUT2D eigenvalue weighted by atomic mass is 16.4. The fourth-order valence-electron chi connectivity index (χ4n) is 1.30. The third-order valence-electron chi connectivity index (χ3n) is 2.20. The maximum Gasteiger partial charge on any atom is 0.310 e. The minimum absolute atomic E-state index is 0.233. The number of carboxylic acid groups (broad SMARTS) is 1. The van der Waals surface area contributed by atoms with Crippen LogP contribution in [0, 0.1) is 6.92 Å². The van der Waals surface area contributed by atoms with Crippen molar-refractivity contribution >= 4 is 5.97 Å². The van der Waals surface area contributed by atoms with Crippen LogP contribution in [0.1, 0.15) is 24.0 Å². The highest BCUT2D eigenvalue weighted by Gasteiger charge is 2.17. The molecule has 0 fully saturated rings. The lowest BCUT2D eigenvalue weighted by Crippen LogP contribution is -2.08. The van der Waals surface area contributed by atoms with Gasteiger partial charge in [-0.25, -0.2) is 0 Å². The first-order valence-corrected chi connectivity index (χ1v) is 4.18. The Bertz CT molecular complexity index is 371. The Hall–Kier alpha value is -1.71. The third-order valence-corrected chi connectivity index (χ3v) is 2.20. The molecular formula is C10H12O4. The summed E-state index contributed by atoms with van der Waals surface area (Å²) >= 11 is 0. The molecule has 0 aliphatic carbocycles. The van der Waals surface area contributed by atoms with Gasteiger partial charge in [-0.3, -0.25) is 4.79 Å². The average Bonchev–Trinajstić information content (AvgIpc) is 2.10. The summed E-state index contributed by atoms with van der Waals surface area (Å²) in [5.74, 6) is -2.18. The molecule has 0 bridgehead atoms. The maximum atomic E-state index is 10.7. The molecule has 4 heteroatoms. The molecule has 0 spiro atoms. The summed E-state index contributed by atoms with van der Waals surface area (Å²) in [4.78, 5) is 10.7. The smallest absolute Gasteiger partial charge is 0.310 e. The second kappa shape index (κ2) is 3.57. The first-order chi connectivity index (χ1) is 6.43. The second-order valence-electron chi connectivity index (χ2n) is 3.26. The van der Waals surface area contributed by atoms with Crippen molar-refractivity contribution in [2.45, 2.75) is 19.8 Å². The normalized spacial score (nSPS) is 12.4. The number of carbonyl (C=O) groups is 1. The molecule has 0 saturated heterocycles. The van der Waals surface area contributed by atoms with Crippen molar-refractivity contribution in [1.82, 2.24) is 0 Å². The number of hydrogen-bond acceptors (Lipinski definition) is 3. The van der Waals surface area contributed by atoms with Crippen molar-refractivity contribution < 1.29 is 20.1 Å². The molecule has 76 valence electrons. The quantitative estimate of drug-likeness (QED) is 0.628. The number of aromatic hydroxyl groups is 2. The molecule has 3 N–H and O–H groups in total. The van der Waals surface area contributed by atoms with Crippen LogP contribution in [-0.4, -0.2) is 21.3 Å². The summed E-state index contributed by atoms with van der Waals surface area (Å²) in [5.41, 5.74) is 1.16. The van der Waals surface area contributed by atoms with Crippen molar-refractivity contribution in [3.8, 4) is 11.5 Å². The van der Waals surface area contributed by atoms with E-state index < -0.39 is 11.9 Å². The highest BCUT2D eigenvalue weighted by molar-refractivity contribution is 5.76. The van der Waals surface area contributed by atoms with Crippen LogP contribution in [0.3, 0.4) is 0 Å². The minimum atomic E-state index is -0.960. The molecule has 1 atom stereocenters. The first-order valence-electron chi connectivity index (χ1n) is 4.18. The predicted octanol–water partition coefficient (Wildman–Crippen LogP) is 1.59. The summed E-state index contributed by atoms with van der Waals surface area (Å²) in [5, 5.41) is 27.1. The largest absolute Gasteiger partial charge is 0.504 e. The monoisotopic (exact) mass is 196 g/mol. The average molecular weight is 196 g/mol. The van der Waals surface area contributed by atoms with Gasteiger partial charge >= 0.3 is 5.97 Å². The van der Waals surface area contributed by atoms with Crippen LogP contribution < -0.4 is 0 Å². The zero-order valence-corrected chi connectivity index (χ0v) is 7.98. The molecule has 4 nitrogen and oxygen atoms in total. The third kappa shape index (κ3) is 1.79. The molecule has 0 heterocycles. The Balaban J connectivity index is 3.22. The fourth-order valence-corrected chi connectivity index (χ4v) is 1.30. The number of benzene rings is 1. The van der Waals surface area contributed by atoms with E-state index in [9.17, 15) is 9.90 Å². The van der Waals surface area contributed by atoms with Crippen molar-refractivity contribution in [3.05, 3.63) is 23.3 Å². The molecule has 0 amide bonds. The highest BCUT2D eigenvalue weighted by Crippen LogP contribution is 2.31. The number of phenolic OH excluding ortho intramolecular Hbond substituents is 2. The topological polar surface area (TPSA) is 77.8 Å². The molecule has 1 aromatic rings. The summed E-state index contributed by atoms with van der Waals surface area (Å²) in [6.07, 6.45) is 0. The molecule has 0 saturated carbocycles. The summed E-state index contributed by atoms with van der Waals surface area (Å²) in [6, 6.07) is 2.63. The number of phenols is 2. The number of rotatable bonds is 2. The van der Waals surface area contributed by atoms with Gasteiger partial charge < -0.3 is 15.3 Å². The van der Waals surface area contributed by atoms with Crippen LogP contribution in [0.2, 0.25) is 0 Å². The Kier molecular flexibility index (Phi) is 2.65. The van der Waals surface area contributed by atoms with E-state index in [1.165, 1.54) is 19.1 Å². The lowest BCUT2D eigenvalue weighted by atomic mass is 9.96. The van der Waals surface area contributed by atoms with Gasteiger partial charge in [-0.1, -0.05) is 0 Å². The Morgan fingerprint density at radius 1 is 1.29 bits per heavy atom. The van der Waals surface area contributed by atoms with Gasteiger partial charge in [0.25, 0.3) is 0 Å². The minimum Gasteiger partial charge on any atom is -0.504 e. The van der Waals surface area contributed by atoms with Crippen molar-refractivity contribution in [1.29, 1.82) is 0 Å². The predicted molar refractivity (Wildman–Crippen MR) is 50.6 cm³/mol. The van der Waals surface area contributed by atoms with Crippen LogP contribution in [0.4, 0.5) is 0 Å². The van der Waals surface area contributed by atoms with Gasteiger partial charge in [-0.2, -0.15) is 0 Å². The van der Waals surface area contributed by atoms with Gasteiger partial charge in [-0.15, -0.1) is 0 Å². The van der Waals surface area contributed by atoms with Gasteiger partial charge in [0, 0.05) is 0 Å². The van der Waals surface area contributed by atoms with Gasteiger partial charge in [0.1, 0.15) is 0 Å². The summed E-state index contributed by atoms with van der Waals surface area (Å²) < 4.78 is 0. The van der Waals surface area contributed by atoms with Gasteiger partial charge in [0.05, 0.1) is 5.92 Å². The van der Waals surface area contributed by atoms with E-state index in [4.69, 9.17) is 10.2 Å². The number of carboxylic acids is 1. The SMILES string of the molecule is Cc1cc(O)c(O)cc1C(C)C(=O)O. The van der Waals surface area contributed by atoms with Crippen LogP contribution in [0.5, 0.6) is 11.5 Å². The Labute approximate surface area is 81.4 Å². The van der Waals surface area contributed by atoms with E-state index >= 15 is 0 Å². The molecule has 0 aliphatic heterocycles. The van der Waals surface area contributed by atoms with E-state index in [2.05, 4.69) is 0 Å². The lowest BCUT2D eigenvalue weighted by Gasteiger charge is -2.11. The first kappa shape index (κ1) is 10.4. The van der Waals surface area contributed by atoms with E-state index in [1.54, 1.807) is 6.92 Å². The molecule has 1 aromatic carbocycles. The van der Waals surface area contributed by atoms with E-state index in [-0.39, 0.29) is 11.5 Å². The van der Waals surface area contributed by atoms with Gasteiger partial charge in [0.15, 0.2) is 11.5 Å². The number of aryl methyl sites for hydroxylation is 1. The molecule has 14 heavy (non-hydrogen) atoms. The fraction of sp³-hybridized carbons (Fsp3) is 0.300. The zero-order valence-electron chi connectivity index (χ0n) is 7.98. The van der Waals surface area contributed by atoms with E-state index in [1.807, 2.05) is 0 Å². The van der Waals surface area contributed by atoms with Crippen LogP contribution in [0.25, 0.3) is 0 Å². The molecule has 0 aromatic heterocycles. The van der Waals surface area contributed by atoms with Crippen molar-refractivity contribution in [3.63, 3.8) is 0 Å². The second-order valence-corrected chi connectivity index (χ2v) is 3.26. The van der Waals surface area contributed by atoms with E-state index in [0.29, 0.717) is 11.1 Å². The standard InChI is InChI=1S/C10H12O4/c1-5-3-8(11)9(12)4-7(5)6(2)10(13)14/h3-4,6,11-12H,1-2H3,(H,13,14). The van der Waals surface area contributed by atoms with Crippen molar-refractivity contribution in [2.75, 3.05) is 0 Å². The van der Waals surface area contributed by atoms with Crippen LogP contribution >= 0.6 is 0 Å². The molecular weight excluding hydrogens is 184 g/mol. The summed E-state index contributed by atoms with van der Waals surface area (Å²) in [6.45, 7) is 3.22. The lowest BCUT2D eigenvalue weighted by molar-refractivity contribution is -0.138. The van der Waals surface area contributed by atoms with Crippen LogP contribution in [0.15, 0.2) is 12.1 Å². The van der Waals surface area contributed by atoms with Crippen LogP contribution in [-0.2, 0) is 4.79 Å². The van der Waals surface area contributed by atoms with Gasteiger partial charge in [0.2, 0.25) is 0 Å². The molecule has 0 aliphatic rings. The molecule has 0 radical (unpaired) electrons. The number of aliphatic carboxylic acids is 1. The summed E-state index contributed by atoms with van der Waals surface area (Å²) in [7, 11) is 0. The molecule has 1 rings (SSSR count).